The van der Waals surface area contributed by atoms with Crippen LogP contribution in [0.15, 0.2) is 66.7 Å². The molecule has 0 spiro atoms. The highest BCUT2D eigenvalue weighted by atomic mass is 31.2. The van der Waals surface area contributed by atoms with E-state index in [0.717, 1.165) is 51.4 Å². The Hall–Kier alpha value is -1.45. The molecule has 2 aromatic rings. The summed E-state index contributed by atoms with van der Waals surface area (Å²) in [5, 5.41) is 0. The molecule has 4 nitrogen and oxygen atoms in total. The Labute approximate surface area is 209 Å². The zero-order valence-corrected chi connectivity index (χ0v) is 23.1. The molecular formula is C29H49O4P. The van der Waals surface area contributed by atoms with Crippen molar-refractivity contribution in [1.29, 1.82) is 0 Å². The molecule has 0 aromatic heterocycles. The maximum Gasteiger partial charge on any atom is 0.472 e. The first kappa shape index (κ1) is 32.5. The molecule has 0 saturated heterocycles. The molecule has 2 rings (SSSR count). The first-order valence-corrected chi connectivity index (χ1v) is 14.5. The Kier molecular flexibility index (Phi) is 21.1. The second-order valence-electron chi connectivity index (χ2n) is 8.70. The van der Waals surface area contributed by atoms with Crippen molar-refractivity contribution in [3.05, 3.63) is 72.3 Å². The lowest BCUT2D eigenvalue weighted by molar-refractivity contribution is 0.110. The summed E-state index contributed by atoms with van der Waals surface area (Å²) in [6.07, 6.45) is 8.56. The molecule has 0 aliphatic carbocycles. The average molecular weight is 493 g/mol. The molecule has 0 aliphatic rings. The molecule has 0 heterocycles. The third kappa shape index (κ3) is 20.0. The highest BCUT2D eigenvalue weighted by Crippen LogP contribution is 2.44. The van der Waals surface area contributed by atoms with E-state index in [1.54, 1.807) is 0 Å². The van der Waals surface area contributed by atoms with E-state index in [0.29, 0.717) is 25.0 Å². The number of hydrogen-bond acceptors (Lipinski definition) is 3. The van der Waals surface area contributed by atoms with Crippen LogP contribution in [0.2, 0.25) is 0 Å². The van der Waals surface area contributed by atoms with Crippen molar-refractivity contribution in [3.8, 4) is 0 Å². The van der Waals surface area contributed by atoms with Crippen molar-refractivity contribution in [2.24, 2.45) is 11.8 Å². The molecule has 5 heteroatoms. The number of rotatable bonds is 14. The van der Waals surface area contributed by atoms with Gasteiger partial charge in [-0.25, -0.2) is 4.57 Å². The van der Waals surface area contributed by atoms with E-state index >= 15 is 0 Å². The van der Waals surface area contributed by atoms with Crippen LogP contribution >= 0.6 is 7.82 Å². The van der Waals surface area contributed by atoms with Crippen LogP contribution in [-0.4, -0.2) is 18.1 Å². The van der Waals surface area contributed by atoms with Gasteiger partial charge in [-0.15, -0.1) is 0 Å². The number of aryl methyl sites for hydroxylation is 1. The smallest absolute Gasteiger partial charge is 0.302 e. The Balaban J connectivity index is 0.000000664. The highest BCUT2D eigenvalue weighted by Gasteiger charge is 2.24. The third-order valence-electron chi connectivity index (χ3n) is 5.64. The Morgan fingerprint density at radius 1 is 0.706 bits per heavy atom. The number of phosphoric ester groups is 1. The third-order valence-corrected chi connectivity index (χ3v) is 6.59. The molecule has 2 unspecified atom stereocenters. The normalized spacial score (nSPS) is 13.9. The van der Waals surface area contributed by atoms with Crippen molar-refractivity contribution in [2.75, 3.05) is 13.2 Å². The van der Waals surface area contributed by atoms with E-state index in [2.05, 4.69) is 46.8 Å². The fourth-order valence-electron chi connectivity index (χ4n) is 3.15. The Bertz CT molecular complexity index is 658. The van der Waals surface area contributed by atoms with Crippen LogP contribution in [0.25, 0.3) is 0 Å². The zero-order valence-electron chi connectivity index (χ0n) is 22.2. The van der Waals surface area contributed by atoms with Crippen LogP contribution < -0.4 is 0 Å². The molecule has 0 radical (unpaired) electrons. The highest BCUT2D eigenvalue weighted by molar-refractivity contribution is 7.47. The zero-order chi connectivity index (χ0) is 25.5. The van der Waals surface area contributed by atoms with E-state index in [-0.39, 0.29) is 0 Å². The van der Waals surface area contributed by atoms with Gasteiger partial charge in [0.1, 0.15) is 0 Å². The van der Waals surface area contributed by atoms with Gasteiger partial charge in [0, 0.05) is 0 Å². The molecule has 0 aliphatic heterocycles. The maximum atomic E-state index is 11.9. The summed E-state index contributed by atoms with van der Waals surface area (Å²) >= 11 is 0. The second-order valence-corrected chi connectivity index (χ2v) is 10.2. The SMILES string of the molecule is CCCCC(CC)COP(=O)(O)OCC(CC)CCCC.Cc1ccccc1.c1ccccc1. The summed E-state index contributed by atoms with van der Waals surface area (Å²) in [5.41, 5.74) is 1.32. The quantitative estimate of drug-likeness (QED) is 0.267. The Morgan fingerprint density at radius 3 is 1.32 bits per heavy atom. The summed E-state index contributed by atoms with van der Waals surface area (Å²) in [5.74, 6) is 0.687. The van der Waals surface area contributed by atoms with Gasteiger partial charge in [-0.05, 0) is 31.6 Å². The molecule has 0 bridgehead atoms. The fraction of sp³-hybridized carbons (Fsp3) is 0.586. The second kappa shape index (κ2) is 22.0. The standard InChI is InChI=1S/C16H35O4P.C7H8.C6H6/c1-5-9-11-15(7-3)13-19-21(17,18)20-14-16(8-4)12-10-6-2;1-7-5-3-2-4-6-7;1-2-4-6-5-3-1/h15-16H,5-14H2,1-4H3,(H,17,18);2-6H,1H3;1-6H. The monoisotopic (exact) mass is 492 g/mol. The largest absolute Gasteiger partial charge is 0.472 e. The van der Waals surface area contributed by atoms with Crippen LogP contribution in [-0.2, 0) is 13.6 Å². The summed E-state index contributed by atoms with van der Waals surface area (Å²) in [6, 6.07) is 22.3. The number of unbranched alkanes of at least 4 members (excludes halogenated alkanes) is 2. The minimum Gasteiger partial charge on any atom is -0.302 e. The van der Waals surface area contributed by atoms with Crippen molar-refractivity contribution in [3.63, 3.8) is 0 Å². The molecule has 1 N–H and O–H groups in total. The molecular weight excluding hydrogens is 443 g/mol. The minimum absolute atomic E-state index is 0.316. The van der Waals surface area contributed by atoms with Gasteiger partial charge in [0.25, 0.3) is 0 Å². The molecule has 2 atom stereocenters. The summed E-state index contributed by atoms with van der Waals surface area (Å²) in [4.78, 5) is 9.77. The van der Waals surface area contributed by atoms with E-state index < -0.39 is 7.82 Å². The van der Waals surface area contributed by atoms with E-state index in [1.165, 1.54) is 5.56 Å². The molecule has 0 saturated carbocycles. The van der Waals surface area contributed by atoms with Crippen molar-refractivity contribution in [1.82, 2.24) is 0 Å². The van der Waals surface area contributed by atoms with Gasteiger partial charge < -0.3 is 4.89 Å². The van der Waals surface area contributed by atoms with Crippen LogP contribution in [0.4, 0.5) is 0 Å². The number of hydrogen-bond donors (Lipinski definition) is 1. The fourth-order valence-corrected chi connectivity index (χ4v) is 4.02. The lowest BCUT2D eigenvalue weighted by Gasteiger charge is -2.20. The van der Waals surface area contributed by atoms with Gasteiger partial charge in [0.15, 0.2) is 0 Å². The van der Waals surface area contributed by atoms with Crippen LogP contribution in [0.3, 0.4) is 0 Å². The summed E-state index contributed by atoms with van der Waals surface area (Å²) < 4.78 is 22.2. The predicted molar refractivity (Wildman–Crippen MR) is 146 cm³/mol. The molecule has 0 fully saturated rings. The van der Waals surface area contributed by atoms with Gasteiger partial charge in [-0.2, -0.15) is 0 Å². The Morgan fingerprint density at radius 2 is 1.06 bits per heavy atom. The number of benzene rings is 2. The number of phosphoric acid groups is 1. The van der Waals surface area contributed by atoms with Crippen molar-refractivity contribution < 1.29 is 18.5 Å². The van der Waals surface area contributed by atoms with Crippen LogP contribution in [0, 0.1) is 18.8 Å². The van der Waals surface area contributed by atoms with Crippen LogP contribution in [0.1, 0.15) is 84.6 Å². The van der Waals surface area contributed by atoms with Crippen LogP contribution in [0.5, 0.6) is 0 Å². The van der Waals surface area contributed by atoms with Gasteiger partial charge >= 0.3 is 7.82 Å². The molecule has 2 aromatic carbocycles. The minimum atomic E-state index is -3.89. The molecule has 194 valence electrons. The lowest BCUT2D eigenvalue weighted by Crippen LogP contribution is -2.12. The van der Waals surface area contributed by atoms with Gasteiger partial charge in [0.05, 0.1) is 13.2 Å². The van der Waals surface area contributed by atoms with Gasteiger partial charge in [-0.1, -0.05) is 139 Å². The first-order valence-electron chi connectivity index (χ1n) is 13.0. The molecule has 34 heavy (non-hydrogen) atoms. The van der Waals surface area contributed by atoms with Crippen molar-refractivity contribution >= 4 is 7.82 Å². The van der Waals surface area contributed by atoms with E-state index in [4.69, 9.17) is 9.05 Å². The van der Waals surface area contributed by atoms with E-state index in [1.807, 2.05) is 54.6 Å². The molecule has 0 amide bonds. The van der Waals surface area contributed by atoms with E-state index in [9.17, 15) is 9.46 Å². The van der Waals surface area contributed by atoms with Gasteiger partial charge in [0.2, 0.25) is 0 Å². The predicted octanol–water partition coefficient (Wildman–Crippen LogP) is 9.23. The topological polar surface area (TPSA) is 55.8 Å². The maximum absolute atomic E-state index is 11.9. The van der Waals surface area contributed by atoms with Crippen molar-refractivity contribution in [2.45, 2.75) is 86.0 Å². The lowest BCUT2D eigenvalue weighted by atomic mass is 10.0. The van der Waals surface area contributed by atoms with Gasteiger partial charge in [-0.3, -0.25) is 9.05 Å². The average Bonchev–Trinajstić information content (AvgIpc) is 2.86. The first-order chi connectivity index (χ1) is 16.4. The summed E-state index contributed by atoms with van der Waals surface area (Å²) in [7, 11) is -3.89. The summed E-state index contributed by atoms with van der Waals surface area (Å²) in [6.45, 7) is 11.2.